The molecule has 2 heterocycles. The zero-order valence-corrected chi connectivity index (χ0v) is 15.7. The molecule has 0 radical (unpaired) electrons. The van der Waals surface area contributed by atoms with Gasteiger partial charge in [0.25, 0.3) is 0 Å². The van der Waals surface area contributed by atoms with Crippen LogP contribution >= 0.6 is 11.3 Å². The van der Waals surface area contributed by atoms with Crippen molar-refractivity contribution in [3.63, 3.8) is 0 Å². The van der Waals surface area contributed by atoms with Crippen LogP contribution in [0.4, 0.5) is 5.82 Å². The van der Waals surface area contributed by atoms with Crippen molar-refractivity contribution in [2.24, 2.45) is 0 Å². The fourth-order valence-corrected chi connectivity index (χ4v) is 16.1. The molecule has 1 aromatic heterocycles. The van der Waals surface area contributed by atoms with E-state index in [0.717, 1.165) is 0 Å². The van der Waals surface area contributed by atoms with Crippen LogP contribution in [0.2, 0.25) is 36.3 Å². The summed E-state index contributed by atoms with van der Waals surface area (Å²) in [5.41, 5.74) is 2.01. The first-order chi connectivity index (χ1) is 9.15. The molecule has 1 fully saturated rings. The van der Waals surface area contributed by atoms with Gasteiger partial charge < -0.3 is 4.57 Å². The zero-order chi connectivity index (χ0) is 13.9. The summed E-state index contributed by atoms with van der Waals surface area (Å²) in [6.45, 7) is 9.70. The second kappa shape index (κ2) is 6.10. The number of hydrogen-bond donors (Lipinski definition) is 0. The Morgan fingerprint density at radius 3 is 2.26 bits per heavy atom. The third kappa shape index (κ3) is 2.69. The van der Waals surface area contributed by atoms with Crippen LogP contribution in [0, 0.1) is 0 Å². The van der Waals surface area contributed by atoms with Crippen LogP contribution in [0.3, 0.4) is 0 Å². The summed E-state index contributed by atoms with van der Waals surface area (Å²) in [6, 6.07) is 8.77. The Morgan fingerprint density at radius 2 is 1.79 bits per heavy atom. The molecule has 0 aliphatic carbocycles. The fraction of sp³-hybridized carbons (Fsp3) is 0.786. The Bertz CT molecular complexity index is 386. The van der Waals surface area contributed by atoms with E-state index in [9.17, 15) is 0 Å². The molecule has 1 aliphatic heterocycles. The molecule has 5 heteroatoms. The molecule has 1 aliphatic rings. The first-order valence-corrected chi connectivity index (χ1v) is 14.1. The second-order valence-electron chi connectivity index (χ2n) is 6.07. The lowest BCUT2D eigenvalue weighted by atomic mass is 10.8. The van der Waals surface area contributed by atoms with Gasteiger partial charge in [-0.15, -0.1) is 11.3 Å². The van der Waals surface area contributed by atoms with Gasteiger partial charge in [-0.05, 0) is 18.1 Å². The minimum Gasteiger partial charge on any atom is -0.384 e. The Kier molecular flexibility index (Phi) is 4.90. The highest BCUT2D eigenvalue weighted by atomic mass is 32.1. The van der Waals surface area contributed by atoms with Gasteiger partial charge >= 0.3 is 0 Å². The molecule has 0 amide bonds. The number of rotatable bonds is 5. The minimum absolute atomic E-state index is 1.05. The van der Waals surface area contributed by atoms with Gasteiger partial charge in [0.1, 0.15) is 5.82 Å². The molecule has 2 nitrogen and oxygen atoms in total. The number of nitrogens with zero attached hydrogens (tertiary/aromatic N) is 2. The van der Waals surface area contributed by atoms with E-state index in [1.54, 1.807) is 17.4 Å². The molecule has 0 saturated carbocycles. The van der Waals surface area contributed by atoms with Crippen LogP contribution in [-0.4, -0.2) is 27.5 Å². The summed E-state index contributed by atoms with van der Waals surface area (Å²) in [4.78, 5) is 4.67. The van der Waals surface area contributed by atoms with Gasteiger partial charge in [-0.3, -0.25) is 0 Å². The molecule has 0 bridgehead atoms. The fourth-order valence-electron chi connectivity index (χ4n) is 3.69. The van der Waals surface area contributed by atoms with Crippen LogP contribution in [0.25, 0.3) is 0 Å². The molecule has 0 atom stereocenters. The van der Waals surface area contributed by atoms with Crippen molar-refractivity contribution in [3.05, 3.63) is 10.9 Å². The summed E-state index contributed by atoms with van der Waals surface area (Å²) in [6.07, 6.45) is 1.39. The quantitative estimate of drug-likeness (QED) is 0.713. The topological polar surface area (TPSA) is 16.1 Å². The normalized spacial score (nSPS) is 21.6. The van der Waals surface area contributed by atoms with Gasteiger partial charge in [0.05, 0.1) is 13.6 Å². The Morgan fingerprint density at radius 1 is 1.11 bits per heavy atom. The van der Waals surface area contributed by atoms with Crippen LogP contribution in [0.5, 0.6) is 0 Å². The van der Waals surface area contributed by atoms with Gasteiger partial charge in [0.15, 0.2) is 8.24 Å². The number of hydrogen-bond acceptors (Lipinski definition) is 3. The molecule has 0 unspecified atom stereocenters. The van der Waals surface area contributed by atoms with Crippen molar-refractivity contribution in [2.45, 2.75) is 64.0 Å². The van der Waals surface area contributed by atoms with E-state index < -0.39 is 16.3 Å². The van der Waals surface area contributed by atoms with Crippen molar-refractivity contribution in [2.75, 3.05) is 10.7 Å². The summed E-state index contributed by atoms with van der Waals surface area (Å²) < 4.78 is 2.84. The first kappa shape index (κ1) is 15.3. The molecule has 108 valence electrons. The lowest BCUT2D eigenvalue weighted by Gasteiger charge is -2.52. The monoisotopic (exact) mass is 312 g/mol. The second-order valence-corrected chi connectivity index (χ2v) is 16.9. The summed E-state index contributed by atoms with van der Waals surface area (Å²) in [5, 5.41) is 2.28. The van der Waals surface area contributed by atoms with E-state index in [2.05, 4.69) is 42.6 Å². The predicted octanol–water partition coefficient (Wildman–Crippen LogP) is 4.98. The Labute approximate surface area is 124 Å². The summed E-state index contributed by atoms with van der Waals surface area (Å²) in [7, 11) is -2.32. The molecule has 0 aromatic carbocycles. The highest BCUT2D eigenvalue weighted by Gasteiger charge is 2.47. The lowest BCUT2D eigenvalue weighted by molar-refractivity contribution is 0.943. The van der Waals surface area contributed by atoms with Gasteiger partial charge in [-0.2, -0.15) is 0 Å². The van der Waals surface area contributed by atoms with Crippen molar-refractivity contribution in [1.82, 2.24) is 4.98 Å². The van der Waals surface area contributed by atoms with Crippen molar-refractivity contribution in [3.8, 4) is 0 Å². The maximum absolute atomic E-state index is 4.67. The van der Waals surface area contributed by atoms with Crippen LogP contribution in [0.1, 0.15) is 27.7 Å². The average Bonchev–Trinajstić information content (AvgIpc) is 3.00. The van der Waals surface area contributed by atoms with E-state index >= 15 is 0 Å². The zero-order valence-electron chi connectivity index (χ0n) is 12.9. The SMILES string of the molecule is CC[Si]1(CC)CC[Si](CC)(CC)N(c2cscn2)C1. The highest BCUT2D eigenvalue weighted by molar-refractivity contribution is 7.08. The van der Waals surface area contributed by atoms with Crippen molar-refractivity contribution in [1.29, 1.82) is 0 Å². The maximum Gasteiger partial charge on any atom is 0.157 e. The minimum atomic E-state index is -1.27. The van der Waals surface area contributed by atoms with Crippen LogP contribution in [-0.2, 0) is 0 Å². The first-order valence-electron chi connectivity index (χ1n) is 7.81. The average molecular weight is 313 g/mol. The molecule has 2 rings (SSSR count). The van der Waals surface area contributed by atoms with Crippen LogP contribution in [0.15, 0.2) is 10.9 Å². The van der Waals surface area contributed by atoms with Gasteiger partial charge in [-0.25, -0.2) is 4.98 Å². The van der Waals surface area contributed by atoms with E-state index in [-0.39, 0.29) is 0 Å². The van der Waals surface area contributed by atoms with Crippen molar-refractivity contribution < 1.29 is 0 Å². The maximum atomic E-state index is 4.67. The smallest absolute Gasteiger partial charge is 0.157 e. The molecular formula is C14H28N2SSi2. The molecule has 0 N–H and O–H groups in total. The van der Waals surface area contributed by atoms with Gasteiger partial charge in [0, 0.05) is 11.5 Å². The molecule has 1 aromatic rings. The summed E-state index contributed by atoms with van der Waals surface area (Å²) in [5.74, 6) is 1.30. The summed E-state index contributed by atoms with van der Waals surface area (Å²) >= 11 is 1.76. The van der Waals surface area contributed by atoms with E-state index in [4.69, 9.17) is 0 Å². The lowest BCUT2D eigenvalue weighted by Crippen LogP contribution is -2.64. The van der Waals surface area contributed by atoms with Gasteiger partial charge in [0.2, 0.25) is 0 Å². The third-order valence-corrected chi connectivity index (χ3v) is 17.7. The Balaban J connectivity index is 2.34. The molecular weight excluding hydrogens is 284 g/mol. The molecule has 19 heavy (non-hydrogen) atoms. The molecule has 1 saturated heterocycles. The highest BCUT2D eigenvalue weighted by Crippen LogP contribution is 2.41. The Hall–Kier alpha value is -0.136. The van der Waals surface area contributed by atoms with Gasteiger partial charge in [-0.1, -0.05) is 45.8 Å². The van der Waals surface area contributed by atoms with E-state index in [1.165, 1.54) is 42.2 Å². The number of anilines is 1. The third-order valence-electron chi connectivity index (χ3n) is 5.70. The predicted molar refractivity (Wildman–Crippen MR) is 92.5 cm³/mol. The van der Waals surface area contributed by atoms with E-state index in [0.29, 0.717) is 0 Å². The van der Waals surface area contributed by atoms with Crippen molar-refractivity contribution >= 4 is 33.5 Å². The standard InChI is InChI=1S/C14H28N2SSi2/c1-5-18(6-2)9-10-19(7-3,8-4)16(13-18)14-11-17-12-15-14/h11-12H,5-10,13H2,1-4H3. The number of aromatic nitrogens is 1. The molecule has 0 spiro atoms. The number of thiazole rings is 1. The van der Waals surface area contributed by atoms with Crippen LogP contribution < -0.4 is 4.57 Å². The largest absolute Gasteiger partial charge is 0.384 e. The van der Waals surface area contributed by atoms with E-state index in [1.807, 2.05) is 5.51 Å².